The zero-order valence-electron chi connectivity index (χ0n) is 11.6. The molecule has 1 N–H and O–H groups in total. The maximum absolute atomic E-state index is 13.7. The molecule has 0 aliphatic carbocycles. The lowest BCUT2D eigenvalue weighted by atomic mass is 10.0. The van der Waals surface area contributed by atoms with Crippen LogP contribution in [-0.4, -0.2) is 15.0 Å². The molecule has 0 bridgehead atoms. The zero-order valence-corrected chi connectivity index (χ0v) is 12.4. The Labute approximate surface area is 127 Å². The SMILES string of the molecule is O=S(=O)(Nc1ccc(F)cc1F)N1CCCc2ccccc21. The monoisotopic (exact) mass is 324 g/mol. The van der Waals surface area contributed by atoms with E-state index in [1.165, 1.54) is 4.31 Å². The van der Waals surface area contributed by atoms with Gasteiger partial charge in [0.15, 0.2) is 0 Å². The molecule has 0 radical (unpaired) electrons. The minimum atomic E-state index is -3.96. The molecule has 116 valence electrons. The van der Waals surface area contributed by atoms with E-state index in [-0.39, 0.29) is 5.69 Å². The van der Waals surface area contributed by atoms with Crippen molar-refractivity contribution < 1.29 is 17.2 Å². The fourth-order valence-electron chi connectivity index (χ4n) is 2.52. The number of anilines is 2. The quantitative estimate of drug-likeness (QED) is 0.943. The molecule has 2 aromatic rings. The van der Waals surface area contributed by atoms with E-state index in [0.29, 0.717) is 24.7 Å². The third-order valence-corrected chi connectivity index (χ3v) is 4.97. The molecular formula is C15H14F2N2O2S. The molecule has 0 atom stereocenters. The van der Waals surface area contributed by atoms with Crippen LogP contribution in [0.2, 0.25) is 0 Å². The van der Waals surface area contributed by atoms with Crippen molar-refractivity contribution in [2.45, 2.75) is 12.8 Å². The Morgan fingerprint density at radius 3 is 2.64 bits per heavy atom. The summed E-state index contributed by atoms with van der Waals surface area (Å²) in [6.07, 6.45) is 1.48. The van der Waals surface area contributed by atoms with Crippen LogP contribution in [0.15, 0.2) is 42.5 Å². The molecule has 0 spiro atoms. The lowest BCUT2D eigenvalue weighted by Gasteiger charge is -2.30. The summed E-state index contributed by atoms with van der Waals surface area (Å²) < 4.78 is 55.0. The second-order valence-electron chi connectivity index (χ2n) is 5.04. The summed E-state index contributed by atoms with van der Waals surface area (Å²) in [4.78, 5) is 0. The van der Waals surface area contributed by atoms with Gasteiger partial charge in [0, 0.05) is 12.6 Å². The van der Waals surface area contributed by atoms with Crippen LogP contribution in [-0.2, 0) is 16.6 Å². The second kappa shape index (κ2) is 5.57. The molecule has 1 heterocycles. The predicted octanol–water partition coefficient (Wildman–Crippen LogP) is 3.07. The number of aryl methyl sites for hydroxylation is 1. The maximum Gasteiger partial charge on any atom is 0.324 e. The number of fused-ring (bicyclic) bond motifs is 1. The van der Waals surface area contributed by atoms with E-state index < -0.39 is 21.8 Å². The summed E-state index contributed by atoms with van der Waals surface area (Å²) >= 11 is 0. The van der Waals surface area contributed by atoms with Gasteiger partial charge in [0.05, 0.1) is 11.4 Å². The lowest BCUT2D eigenvalue weighted by Crippen LogP contribution is -2.39. The molecule has 4 nitrogen and oxygen atoms in total. The Hall–Kier alpha value is -2.15. The second-order valence-corrected chi connectivity index (χ2v) is 6.63. The standard InChI is InChI=1S/C15H14F2N2O2S/c16-12-7-8-14(13(17)10-12)18-22(20,21)19-9-3-5-11-4-1-2-6-15(11)19/h1-2,4,6-8,10,18H,3,5,9H2. The largest absolute Gasteiger partial charge is 0.324 e. The number of para-hydroxylation sites is 1. The highest BCUT2D eigenvalue weighted by Gasteiger charge is 2.27. The third kappa shape index (κ3) is 2.76. The topological polar surface area (TPSA) is 49.4 Å². The Kier molecular flexibility index (Phi) is 3.74. The third-order valence-electron chi connectivity index (χ3n) is 3.53. The van der Waals surface area contributed by atoms with Crippen molar-refractivity contribution in [3.8, 4) is 0 Å². The molecular weight excluding hydrogens is 310 g/mol. The molecule has 22 heavy (non-hydrogen) atoms. The summed E-state index contributed by atoms with van der Waals surface area (Å²) in [5.41, 5.74) is 1.24. The number of hydrogen-bond acceptors (Lipinski definition) is 2. The van der Waals surface area contributed by atoms with E-state index in [1.807, 2.05) is 12.1 Å². The molecule has 0 saturated heterocycles. The van der Waals surface area contributed by atoms with Crippen molar-refractivity contribution in [2.75, 3.05) is 15.6 Å². The molecule has 0 saturated carbocycles. The van der Waals surface area contributed by atoms with Crippen LogP contribution in [0.1, 0.15) is 12.0 Å². The van der Waals surface area contributed by atoms with E-state index in [2.05, 4.69) is 4.72 Å². The summed E-state index contributed by atoms with van der Waals surface area (Å²) in [5.74, 6) is -1.71. The molecule has 1 aliphatic rings. The number of nitrogens with zero attached hydrogens (tertiary/aromatic N) is 1. The van der Waals surface area contributed by atoms with E-state index in [4.69, 9.17) is 0 Å². The fraction of sp³-hybridized carbons (Fsp3) is 0.200. The highest BCUT2D eigenvalue weighted by atomic mass is 32.2. The van der Waals surface area contributed by atoms with Gasteiger partial charge in [-0.3, -0.25) is 9.03 Å². The van der Waals surface area contributed by atoms with Crippen LogP contribution >= 0.6 is 0 Å². The van der Waals surface area contributed by atoms with Crippen molar-refractivity contribution >= 4 is 21.6 Å². The first kappa shape index (κ1) is 14.8. The fourth-order valence-corrected chi connectivity index (χ4v) is 3.88. The van der Waals surface area contributed by atoms with Crippen molar-refractivity contribution in [3.63, 3.8) is 0 Å². The maximum atomic E-state index is 13.7. The van der Waals surface area contributed by atoms with Gasteiger partial charge in [-0.2, -0.15) is 8.42 Å². The molecule has 3 rings (SSSR count). The normalized spacial score (nSPS) is 14.5. The van der Waals surface area contributed by atoms with Crippen molar-refractivity contribution in [2.24, 2.45) is 0 Å². The Morgan fingerprint density at radius 2 is 1.86 bits per heavy atom. The number of benzene rings is 2. The van der Waals surface area contributed by atoms with Crippen LogP contribution in [0, 0.1) is 11.6 Å². The lowest BCUT2D eigenvalue weighted by molar-refractivity contribution is 0.580. The molecule has 0 amide bonds. The average Bonchev–Trinajstić information content (AvgIpc) is 2.49. The average molecular weight is 324 g/mol. The minimum absolute atomic E-state index is 0.274. The van der Waals surface area contributed by atoms with Gasteiger partial charge in [0.25, 0.3) is 0 Å². The molecule has 2 aromatic carbocycles. The summed E-state index contributed by atoms with van der Waals surface area (Å²) in [6, 6.07) is 9.91. The van der Waals surface area contributed by atoms with Gasteiger partial charge in [-0.15, -0.1) is 0 Å². The van der Waals surface area contributed by atoms with E-state index in [1.54, 1.807) is 12.1 Å². The van der Waals surface area contributed by atoms with E-state index >= 15 is 0 Å². The number of hydrogen-bond donors (Lipinski definition) is 1. The Balaban J connectivity index is 1.94. The van der Waals surface area contributed by atoms with Crippen LogP contribution in [0.25, 0.3) is 0 Å². The van der Waals surface area contributed by atoms with Crippen LogP contribution < -0.4 is 9.03 Å². The van der Waals surface area contributed by atoms with Gasteiger partial charge in [0.2, 0.25) is 0 Å². The molecule has 0 unspecified atom stereocenters. The van der Waals surface area contributed by atoms with Crippen LogP contribution in [0.3, 0.4) is 0 Å². The first-order chi connectivity index (χ1) is 10.5. The van der Waals surface area contributed by atoms with Gasteiger partial charge >= 0.3 is 10.2 Å². The molecule has 1 aliphatic heterocycles. The Bertz CT molecular complexity index is 809. The van der Waals surface area contributed by atoms with E-state index in [9.17, 15) is 17.2 Å². The number of halogens is 2. The van der Waals surface area contributed by atoms with E-state index in [0.717, 1.165) is 24.1 Å². The first-order valence-corrected chi connectivity index (χ1v) is 8.25. The van der Waals surface area contributed by atoms with Crippen molar-refractivity contribution in [1.29, 1.82) is 0 Å². The van der Waals surface area contributed by atoms with Gasteiger partial charge in [-0.25, -0.2) is 8.78 Å². The summed E-state index contributed by atoms with van der Waals surface area (Å²) in [5, 5.41) is 0. The molecule has 7 heteroatoms. The summed E-state index contributed by atoms with van der Waals surface area (Å²) in [7, 11) is -3.96. The zero-order chi connectivity index (χ0) is 15.7. The summed E-state index contributed by atoms with van der Waals surface area (Å²) in [6.45, 7) is 0.315. The van der Waals surface area contributed by atoms with Crippen LogP contribution in [0.4, 0.5) is 20.2 Å². The molecule has 0 aromatic heterocycles. The number of nitrogens with one attached hydrogen (secondary N) is 1. The Morgan fingerprint density at radius 1 is 1.09 bits per heavy atom. The number of rotatable bonds is 3. The van der Waals surface area contributed by atoms with Gasteiger partial charge in [-0.05, 0) is 36.6 Å². The van der Waals surface area contributed by atoms with Gasteiger partial charge in [-0.1, -0.05) is 18.2 Å². The van der Waals surface area contributed by atoms with Crippen LogP contribution in [0.5, 0.6) is 0 Å². The minimum Gasteiger partial charge on any atom is -0.264 e. The predicted molar refractivity (Wildman–Crippen MR) is 81.0 cm³/mol. The highest BCUT2D eigenvalue weighted by molar-refractivity contribution is 7.94. The van der Waals surface area contributed by atoms with Gasteiger partial charge < -0.3 is 0 Å². The first-order valence-electron chi connectivity index (χ1n) is 6.81. The van der Waals surface area contributed by atoms with Gasteiger partial charge in [0.1, 0.15) is 11.6 Å². The van der Waals surface area contributed by atoms with Crippen molar-refractivity contribution in [1.82, 2.24) is 0 Å². The smallest absolute Gasteiger partial charge is 0.264 e. The van der Waals surface area contributed by atoms with Crippen molar-refractivity contribution in [3.05, 3.63) is 59.7 Å². The highest BCUT2D eigenvalue weighted by Crippen LogP contribution is 2.30. The molecule has 0 fully saturated rings.